The third kappa shape index (κ3) is 5.96. The molecule has 1 aliphatic rings. The van der Waals surface area contributed by atoms with Crippen molar-refractivity contribution in [1.29, 1.82) is 0 Å². The van der Waals surface area contributed by atoms with Crippen LogP contribution in [-0.4, -0.2) is 34.7 Å². The standard InChI is InChI=1S/C24H32N2O3/c1-18(2)14-26(24(28)21-10-7-11-21)17-23(27)25(15-20-8-5-4-6-9-20)16-22-13-12-19(3)29-22/h4-6,8-9,12-13,18,21H,7,10-11,14-17H2,1-3H3. The van der Waals surface area contributed by atoms with Crippen molar-refractivity contribution in [2.45, 2.75) is 53.1 Å². The van der Waals surface area contributed by atoms with E-state index in [1.807, 2.05) is 49.4 Å². The normalized spacial score (nSPS) is 13.9. The Morgan fingerprint density at radius 2 is 1.76 bits per heavy atom. The van der Waals surface area contributed by atoms with Crippen LogP contribution in [0.15, 0.2) is 46.9 Å². The number of hydrogen-bond donors (Lipinski definition) is 0. The number of rotatable bonds is 9. The molecule has 1 aromatic heterocycles. The third-order valence-corrected chi connectivity index (χ3v) is 5.39. The lowest BCUT2D eigenvalue weighted by atomic mass is 9.84. The summed E-state index contributed by atoms with van der Waals surface area (Å²) in [6.07, 6.45) is 3.00. The molecule has 0 unspecified atom stereocenters. The van der Waals surface area contributed by atoms with E-state index in [0.717, 1.165) is 36.3 Å². The molecule has 1 aliphatic carbocycles. The van der Waals surface area contributed by atoms with Gasteiger partial charge in [-0.3, -0.25) is 9.59 Å². The summed E-state index contributed by atoms with van der Waals surface area (Å²) in [5, 5.41) is 0. The number of hydrogen-bond acceptors (Lipinski definition) is 3. The first-order valence-corrected chi connectivity index (χ1v) is 10.6. The van der Waals surface area contributed by atoms with Gasteiger partial charge in [0.05, 0.1) is 13.1 Å². The number of carbonyl (C=O) groups is 2. The van der Waals surface area contributed by atoms with Crippen LogP contribution in [0.2, 0.25) is 0 Å². The first-order valence-electron chi connectivity index (χ1n) is 10.6. The van der Waals surface area contributed by atoms with Gasteiger partial charge in [-0.15, -0.1) is 0 Å². The van der Waals surface area contributed by atoms with Crippen molar-refractivity contribution < 1.29 is 14.0 Å². The van der Waals surface area contributed by atoms with E-state index in [0.29, 0.717) is 25.6 Å². The topological polar surface area (TPSA) is 53.8 Å². The fourth-order valence-corrected chi connectivity index (χ4v) is 3.64. The molecule has 29 heavy (non-hydrogen) atoms. The van der Waals surface area contributed by atoms with Crippen molar-refractivity contribution in [3.05, 3.63) is 59.5 Å². The highest BCUT2D eigenvalue weighted by Gasteiger charge is 2.31. The summed E-state index contributed by atoms with van der Waals surface area (Å²) in [6.45, 7) is 7.69. The Bertz CT molecular complexity index is 809. The summed E-state index contributed by atoms with van der Waals surface area (Å²) >= 11 is 0. The van der Waals surface area contributed by atoms with Gasteiger partial charge in [-0.25, -0.2) is 0 Å². The maximum atomic E-state index is 13.3. The van der Waals surface area contributed by atoms with Crippen LogP contribution in [0.3, 0.4) is 0 Å². The van der Waals surface area contributed by atoms with Crippen LogP contribution in [-0.2, 0) is 22.7 Å². The highest BCUT2D eigenvalue weighted by molar-refractivity contribution is 5.86. The Morgan fingerprint density at radius 1 is 1.03 bits per heavy atom. The van der Waals surface area contributed by atoms with Gasteiger partial charge in [-0.1, -0.05) is 50.6 Å². The molecule has 1 heterocycles. The van der Waals surface area contributed by atoms with Crippen molar-refractivity contribution in [1.82, 2.24) is 9.80 Å². The molecule has 156 valence electrons. The molecule has 1 saturated carbocycles. The van der Waals surface area contributed by atoms with E-state index in [1.54, 1.807) is 9.80 Å². The monoisotopic (exact) mass is 396 g/mol. The number of furan rings is 1. The number of amides is 2. The predicted molar refractivity (Wildman–Crippen MR) is 113 cm³/mol. The largest absolute Gasteiger partial charge is 0.464 e. The molecule has 0 spiro atoms. The molecule has 2 aromatic rings. The van der Waals surface area contributed by atoms with Gasteiger partial charge in [0.1, 0.15) is 11.5 Å². The minimum Gasteiger partial charge on any atom is -0.464 e. The van der Waals surface area contributed by atoms with Crippen LogP contribution in [0, 0.1) is 18.8 Å². The second-order valence-electron chi connectivity index (χ2n) is 8.49. The smallest absolute Gasteiger partial charge is 0.242 e. The van der Waals surface area contributed by atoms with E-state index in [-0.39, 0.29) is 24.3 Å². The molecule has 1 aromatic carbocycles. The summed E-state index contributed by atoms with van der Waals surface area (Å²) in [7, 11) is 0. The maximum absolute atomic E-state index is 13.3. The highest BCUT2D eigenvalue weighted by Crippen LogP contribution is 2.28. The van der Waals surface area contributed by atoms with E-state index >= 15 is 0 Å². The first kappa shape index (κ1) is 21.2. The molecule has 0 aliphatic heterocycles. The minimum absolute atomic E-state index is 0.0452. The zero-order valence-electron chi connectivity index (χ0n) is 17.8. The van der Waals surface area contributed by atoms with Gasteiger partial charge in [-0.2, -0.15) is 0 Å². The second kappa shape index (κ2) is 9.77. The molecule has 0 atom stereocenters. The van der Waals surface area contributed by atoms with Gasteiger partial charge in [0.2, 0.25) is 11.8 Å². The Hall–Kier alpha value is -2.56. The number of aryl methyl sites for hydroxylation is 1. The van der Waals surface area contributed by atoms with Crippen molar-refractivity contribution in [2.24, 2.45) is 11.8 Å². The number of nitrogens with zero attached hydrogens (tertiary/aromatic N) is 2. The average molecular weight is 397 g/mol. The molecule has 0 radical (unpaired) electrons. The zero-order valence-corrected chi connectivity index (χ0v) is 17.8. The molecular formula is C24H32N2O3. The Morgan fingerprint density at radius 3 is 2.31 bits per heavy atom. The molecule has 5 nitrogen and oxygen atoms in total. The quantitative estimate of drug-likeness (QED) is 0.631. The van der Waals surface area contributed by atoms with Gasteiger partial charge in [0.25, 0.3) is 0 Å². The Kier molecular flexibility index (Phi) is 7.13. The van der Waals surface area contributed by atoms with E-state index in [9.17, 15) is 9.59 Å². The molecule has 1 fully saturated rings. The summed E-state index contributed by atoms with van der Waals surface area (Å²) in [5.74, 6) is 2.09. The Balaban J connectivity index is 1.74. The Labute approximate surface area is 173 Å². The molecular weight excluding hydrogens is 364 g/mol. The van der Waals surface area contributed by atoms with E-state index in [2.05, 4.69) is 13.8 Å². The number of carbonyl (C=O) groups excluding carboxylic acids is 2. The SMILES string of the molecule is Cc1ccc(CN(Cc2ccccc2)C(=O)CN(CC(C)C)C(=O)C2CCC2)o1. The van der Waals surface area contributed by atoms with Gasteiger partial charge >= 0.3 is 0 Å². The fourth-order valence-electron chi connectivity index (χ4n) is 3.64. The summed E-state index contributed by atoms with van der Waals surface area (Å²) in [4.78, 5) is 29.7. The lowest BCUT2D eigenvalue weighted by Crippen LogP contribution is -2.47. The lowest BCUT2D eigenvalue weighted by molar-refractivity contribution is -0.145. The molecule has 5 heteroatoms. The van der Waals surface area contributed by atoms with E-state index < -0.39 is 0 Å². The van der Waals surface area contributed by atoms with Crippen LogP contribution >= 0.6 is 0 Å². The summed E-state index contributed by atoms with van der Waals surface area (Å²) in [6, 6.07) is 13.8. The van der Waals surface area contributed by atoms with Gasteiger partial charge in [-0.05, 0) is 43.4 Å². The fraction of sp³-hybridized carbons (Fsp3) is 0.500. The van der Waals surface area contributed by atoms with E-state index in [1.165, 1.54) is 0 Å². The third-order valence-electron chi connectivity index (χ3n) is 5.39. The van der Waals surface area contributed by atoms with Crippen LogP contribution in [0.4, 0.5) is 0 Å². The zero-order chi connectivity index (χ0) is 20.8. The van der Waals surface area contributed by atoms with Gasteiger partial charge in [0, 0.05) is 19.0 Å². The lowest BCUT2D eigenvalue weighted by Gasteiger charge is -2.33. The van der Waals surface area contributed by atoms with Crippen molar-refractivity contribution >= 4 is 11.8 Å². The van der Waals surface area contributed by atoms with Gasteiger partial charge < -0.3 is 14.2 Å². The van der Waals surface area contributed by atoms with Crippen LogP contribution < -0.4 is 0 Å². The number of benzene rings is 1. The van der Waals surface area contributed by atoms with Crippen LogP contribution in [0.5, 0.6) is 0 Å². The highest BCUT2D eigenvalue weighted by atomic mass is 16.3. The molecule has 0 saturated heterocycles. The van der Waals surface area contributed by atoms with Crippen LogP contribution in [0.25, 0.3) is 0 Å². The minimum atomic E-state index is -0.0452. The van der Waals surface area contributed by atoms with Crippen molar-refractivity contribution in [2.75, 3.05) is 13.1 Å². The molecule has 0 N–H and O–H groups in total. The average Bonchev–Trinajstić information content (AvgIpc) is 3.04. The van der Waals surface area contributed by atoms with Crippen molar-refractivity contribution in [3.8, 4) is 0 Å². The predicted octanol–water partition coefficient (Wildman–Crippen LogP) is 4.40. The van der Waals surface area contributed by atoms with E-state index in [4.69, 9.17) is 4.42 Å². The summed E-state index contributed by atoms with van der Waals surface area (Å²) < 4.78 is 5.71. The summed E-state index contributed by atoms with van der Waals surface area (Å²) in [5.41, 5.74) is 1.06. The van der Waals surface area contributed by atoms with Crippen LogP contribution in [0.1, 0.15) is 50.2 Å². The second-order valence-corrected chi connectivity index (χ2v) is 8.49. The van der Waals surface area contributed by atoms with Gasteiger partial charge in [0.15, 0.2) is 0 Å². The molecule has 0 bridgehead atoms. The first-order chi connectivity index (χ1) is 13.9. The maximum Gasteiger partial charge on any atom is 0.242 e. The molecule has 3 rings (SSSR count). The van der Waals surface area contributed by atoms with Crippen molar-refractivity contribution in [3.63, 3.8) is 0 Å². The molecule has 2 amide bonds.